The van der Waals surface area contributed by atoms with E-state index in [1.54, 1.807) is 29.0 Å². The lowest BCUT2D eigenvalue weighted by atomic mass is 10.2. The zero-order valence-electron chi connectivity index (χ0n) is 15.9. The lowest BCUT2D eigenvalue weighted by Crippen LogP contribution is -2.45. The Bertz CT molecular complexity index is 996. The van der Waals surface area contributed by atoms with E-state index >= 15 is 0 Å². The summed E-state index contributed by atoms with van der Waals surface area (Å²) in [7, 11) is 1.77. The first-order valence-electron chi connectivity index (χ1n) is 9.42. The molecule has 0 spiro atoms. The average Bonchev–Trinajstić information content (AvgIpc) is 3.24. The van der Waals surface area contributed by atoms with Crippen molar-refractivity contribution < 1.29 is 18.0 Å². The Labute approximate surface area is 164 Å². The Morgan fingerprint density at radius 1 is 1.34 bits per heavy atom. The van der Waals surface area contributed by atoms with E-state index in [-0.39, 0.29) is 23.6 Å². The van der Waals surface area contributed by atoms with Gasteiger partial charge in [0, 0.05) is 38.7 Å². The monoisotopic (exact) mass is 407 g/mol. The van der Waals surface area contributed by atoms with Crippen LogP contribution < -0.4 is 15.5 Å². The van der Waals surface area contributed by atoms with E-state index in [4.69, 9.17) is 0 Å². The molecule has 2 saturated carbocycles. The summed E-state index contributed by atoms with van der Waals surface area (Å²) in [6.07, 6.45) is 4.01. The minimum atomic E-state index is -2.90. The largest absolute Gasteiger partial charge is 0.351 e. The van der Waals surface area contributed by atoms with Crippen molar-refractivity contribution in [2.75, 3.05) is 23.3 Å². The second-order valence-electron chi connectivity index (χ2n) is 8.22. The number of fused-ring (bicyclic) bond motifs is 1. The maximum absolute atomic E-state index is 14.4. The highest BCUT2D eigenvalue weighted by atomic mass is 19.3. The van der Waals surface area contributed by atoms with E-state index in [1.807, 2.05) is 6.92 Å². The van der Waals surface area contributed by atoms with Crippen LogP contribution >= 0.6 is 0 Å². The van der Waals surface area contributed by atoms with Crippen molar-refractivity contribution in [2.24, 2.45) is 24.8 Å². The number of aromatic nitrogens is 4. The van der Waals surface area contributed by atoms with Gasteiger partial charge in [0.2, 0.25) is 11.9 Å². The Morgan fingerprint density at radius 3 is 2.76 bits per heavy atom. The van der Waals surface area contributed by atoms with Crippen LogP contribution in [0.5, 0.6) is 0 Å². The van der Waals surface area contributed by atoms with Crippen molar-refractivity contribution in [1.82, 2.24) is 25.1 Å². The van der Waals surface area contributed by atoms with Crippen molar-refractivity contribution in [3.8, 4) is 0 Å². The highest BCUT2D eigenvalue weighted by Crippen LogP contribution is 2.57. The molecular formula is C18H20F3N7O. The third kappa shape index (κ3) is 2.90. The Kier molecular flexibility index (Phi) is 3.66. The molecule has 0 radical (unpaired) electrons. The number of aryl methyl sites for hydroxylation is 1. The van der Waals surface area contributed by atoms with E-state index in [0.717, 1.165) is 6.20 Å². The van der Waals surface area contributed by atoms with Crippen LogP contribution in [0.25, 0.3) is 0 Å². The van der Waals surface area contributed by atoms with Gasteiger partial charge in [-0.25, -0.2) is 18.2 Å². The van der Waals surface area contributed by atoms with Crippen LogP contribution in [0.15, 0.2) is 18.6 Å². The number of carbonyl (C=O) groups excluding carboxylic acids is 1. The number of nitrogens with zero attached hydrogens (tertiary/aromatic N) is 5. The SMILES string of the molecule is C[C@@H]1[C@@H]2CN(c3nc(Nc4cnn(C)c4)ncc3F)C[C@]12NC(=O)[C@H]1CC1(F)F. The first-order chi connectivity index (χ1) is 13.7. The van der Waals surface area contributed by atoms with Crippen LogP contribution in [0, 0.1) is 23.6 Å². The lowest BCUT2D eigenvalue weighted by Gasteiger charge is -2.25. The molecule has 0 bridgehead atoms. The highest BCUT2D eigenvalue weighted by Gasteiger charge is 2.70. The van der Waals surface area contributed by atoms with Crippen molar-refractivity contribution >= 4 is 23.4 Å². The molecule has 11 heteroatoms. The molecule has 3 fully saturated rings. The van der Waals surface area contributed by atoms with Gasteiger partial charge in [-0.15, -0.1) is 0 Å². The predicted molar refractivity (Wildman–Crippen MR) is 97.3 cm³/mol. The molecule has 2 aromatic rings. The molecule has 154 valence electrons. The summed E-state index contributed by atoms with van der Waals surface area (Å²) < 4.78 is 42.5. The van der Waals surface area contributed by atoms with Gasteiger partial charge in [-0.2, -0.15) is 10.1 Å². The zero-order chi connectivity index (χ0) is 20.6. The second-order valence-corrected chi connectivity index (χ2v) is 8.22. The van der Waals surface area contributed by atoms with Crippen LogP contribution in [0.2, 0.25) is 0 Å². The van der Waals surface area contributed by atoms with E-state index in [1.165, 1.54) is 0 Å². The van der Waals surface area contributed by atoms with Gasteiger partial charge in [-0.3, -0.25) is 9.48 Å². The number of piperidine rings is 1. The highest BCUT2D eigenvalue weighted by molar-refractivity contribution is 5.84. The molecule has 0 aromatic carbocycles. The molecular weight excluding hydrogens is 387 g/mol. The summed E-state index contributed by atoms with van der Waals surface area (Å²) in [5.74, 6) is -4.78. The molecule has 0 unspecified atom stereocenters. The summed E-state index contributed by atoms with van der Waals surface area (Å²) in [5, 5.41) is 9.83. The fourth-order valence-corrected chi connectivity index (χ4v) is 4.40. The van der Waals surface area contributed by atoms with Crippen molar-refractivity contribution in [3.05, 3.63) is 24.4 Å². The quantitative estimate of drug-likeness (QED) is 0.784. The summed E-state index contributed by atoms with van der Waals surface area (Å²) in [6, 6.07) is 0. The van der Waals surface area contributed by atoms with Gasteiger partial charge in [-0.05, 0) is 5.92 Å². The topological polar surface area (TPSA) is 88.0 Å². The van der Waals surface area contributed by atoms with Crippen molar-refractivity contribution in [2.45, 2.75) is 24.8 Å². The lowest BCUT2D eigenvalue weighted by molar-refractivity contribution is -0.125. The van der Waals surface area contributed by atoms with Crippen LogP contribution in [0.4, 0.5) is 30.6 Å². The number of carbonyl (C=O) groups is 1. The summed E-state index contributed by atoms with van der Waals surface area (Å²) in [5.41, 5.74) is 0.0569. The molecule has 5 rings (SSSR count). The van der Waals surface area contributed by atoms with Crippen LogP contribution in [-0.4, -0.2) is 50.2 Å². The number of rotatable bonds is 5. The molecule has 29 heavy (non-hydrogen) atoms. The Balaban J connectivity index is 1.32. The molecule has 1 aliphatic heterocycles. The maximum Gasteiger partial charge on any atom is 0.260 e. The Morgan fingerprint density at radius 2 is 2.10 bits per heavy atom. The third-order valence-electron chi connectivity index (χ3n) is 6.32. The van der Waals surface area contributed by atoms with Gasteiger partial charge in [0.15, 0.2) is 11.6 Å². The van der Waals surface area contributed by atoms with E-state index in [0.29, 0.717) is 18.8 Å². The Hall–Kier alpha value is -2.85. The van der Waals surface area contributed by atoms with Gasteiger partial charge in [0.05, 0.1) is 23.6 Å². The van der Waals surface area contributed by atoms with Gasteiger partial charge in [-0.1, -0.05) is 6.92 Å². The normalized spacial score (nSPS) is 31.3. The molecule has 2 N–H and O–H groups in total. The second kappa shape index (κ2) is 5.83. The van der Waals surface area contributed by atoms with E-state index in [2.05, 4.69) is 25.7 Å². The van der Waals surface area contributed by atoms with Crippen molar-refractivity contribution in [3.63, 3.8) is 0 Å². The number of nitrogens with one attached hydrogen (secondary N) is 2. The van der Waals surface area contributed by atoms with Crippen LogP contribution in [0.3, 0.4) is 0 Å². The van der Waals surface area contributed by atoms with Crippen LogP contribution in [-0.2, 0) is 11.8 Å². The first-order valence-corrected chi connectivity index (χ1v) is 9.42. The molecule has 1 saturated heterocycles. The molecule has 4 atom stereocenters. The van der Waals surface area contributed by atoms with Crippen LogP contribution in [0.1, 0.15) is 13.3 Å². The predicted octanol–water partition coefficient (Wildman–Crippen LogP) is 1.69. The summed E-state index contributed by atoms with van der Waals surface area (Å²) in [4.78, 5) is 22.2. The number of hydrogen-bond donors (Lipinski definition) is 2. The third-order valence-corrected chi connectivity index (χ3v) is 6.32. The zero-order valence-corrected chi connectivity index (χ0v) is 15.9. The van der Waals surface area contributed by atoms with Gasteiger partial charge in [0.25, 0.3) is 5.92 Å². The fraction of sp³-hybridized carbons (Fsp3) is 0.556. The minimum Gasteiger partial charge on any atom is -0.351 e. The molecule has 2 aliphatic carbocycles. The molecule has 8 nitrogen and oxygen atoms in total. The molecule has 3 heterocycles. The van der Waals surface area contributed by atoms with E-state index < -0.39 is 35.5 Å². The maximum atomic E-state index is 14.4. The molecule has 3 aliphatic rings. The van der Waals surface area contributed by atoms with Crippen molar-refractivity contribution in [1.29, 1.82) is 0 Å². The number of anilines is 3. The summed E-state index contributed by atoms with van der Waals surface area (Å²) >= 11 is 0. The number of alkyl halides is 2. The first kappa shape index (κ1) is 18.2. The smallest absolute Gasteiger partial charge is 0.260 e. The fourth-order valence-electron chi connectivity index (χ4n) is 4.40. The summed E-state index contributed by atoms with van der Waals surface area (Å²) in [6.45, 7) is 2.78. The van der Waals surface area contributed by atoms with Gasteiger partial charge >= 0.3 is 0 Å². The minimum absolute atomic E-state index is 0.0721. The van der Waals surface area contributed by atoms with Gasteiger partial charge in [0.1, 0.15) is 5.92 Å². The number of halogens is 3. The molecule has 1 amide bonds. The standard InChI is InChI=1S/C18H20F3N7O/c1-9-12-7-28(8-17(9,12)26-15(29)11-3-18(11,20)21)14-13(19)5-22-16(25-14)24-10-4-23-27(2)6-10/h4-6,9,11-12H,3,7-8H2,1-2H3,(H,26,29)(H,22,24,25)/t9-,11-,12+,17+/m1/s1. The number of amides is 1. The van der Waals surface area contributed by atoms with E-state index in [9.17, 15) is 18.0 Å². The number of hydrogen-bond acceptors (Lipinski definition) is 6. The van der Waals surface area contributed by atoms with Gasteiger partial charge < -0.3 is 15.5 Å². The average molecular weight is 407 g/mol. The molecule has 2 aromatic heterocycles.